The molecule has 0 aromatic rings. The zero-order valence-corrected chi connectivity index (χ0v) is 11.4. The number of piperidine rings is 1. The first-order chi connectivity index (χ1) is 9.12. The van der Waals surface area contributed by atoms with Gasteiger partial charge in [-0.1, -0.05) is 6.42 Å². The highest BCUT2D eigenvalue weighted by Gasteiger charge is 2.44. The van der Waals surface area contributed by atoms with E-state index in [0.29, 0.717) is 31.7 Å². The van der Waals surface area contributed by atoms with Gasteiger partial charge in [-0.15, -0.1) is 0 Å². The third-order valence-corrected chi connectivity index (χ3v) is 4.63. The highest BCUT2D eigenvalue weighted by atomic mass is 16.4. The van der Waals surface area contributed by atoms with Gasteiger partial charge in [0.2, 0.25) is 5.91 Å². The lowest BCUT2D eigenvalue weighted by molar-refractivity contribution is -0.154. The van der Waals surface area contributed by atoms with Gasteiger partial charge < -0.3 is 15.7 Å². The molecule has 3 N–H and O–H groups in total. The molecular weight excluding hydrogens is 244 g/mol. The van der Waals surface area contributed by atoms with Gasteiger partial charge in [-0.2, -0.15) is 0 Å². The van der Waals surface area contributed by atoms with Crippen molar-refractivity contribution in [1.82, 2.24) is 10.6 Å². The summed E-state index contributed by atoms with van der Waals surface area (Å²) >= 11 is 0. The average Bonchev–Trinajstić information content (AvgIpc) is 2.36. The molecule has 2 aliphatic rings. The van der Waals surface area contributed by atoms with Crippen molar-refractivity contribution in [3.05, 3.63) is 0 Å². The van der Waals surface area contributed by atoms with Gasteiger partial charge in [0.1, 0.15) is 0 Å². The third kappa shape index (κ3) is 3.69. The number of hydrogen-bond donors (Lipinski definition) is 3. The quantitative estimate of drug-likeness (QED) is 0.675. The van der Waals surface area contributed by atoms with Crippen LogP contribution in [0.3, 0.4) is 0 Å². The standard InChI is InChI=1S/C14H24N2O3/c17-12(3-2-11-4-8-15-9-5-11)16-10-14(13(18)19)6-1-7-14/h11,15H,1-10H2,(H,16,17)(H,18,19). The van der Waals surface area contributed by atoms with Crippen molar-refractivity contribution in [2.75, 3.05) is 19.6 Å². The highest BCUT2D eigenvalue weighted by molar-refractivity contribution is 5.79. The van der Waals surface area contributed by atoms with Crippen molar-refractivity contribution < 1.29 is 14.7 Å². The largest absolute Gasteiger partial charge is 0.481 e. The Bertz CT molecular complexity index is 334. The average molecular weight is 268 g/mol. The number of aliphatic carboxylic acids is 1. The van der Waals surface area contributed by atoms with E-state index in [-0.39, 0.29) is 5.91 Å². The van der Waals surface area contributed by atoms with Crippen LogP contribution in [0.4, 0.5) is 0 Å². The van der Waals surface area contributed by atoms with Gasteiger partial charge in [0.15, 0.2) is 0 Å². The number of carbonyl (C=O) groups is 2. The molecule has 5 heteroatoms. The molecule has 2 rings (SSSR count). The number of carbonyl (C=O) groups excluding carboxylic acids is 1. The molecule has 19 heavy (non-hydrogen) atoms. The molecule has 2 fully saturated rings. The van der Waals surface area contributed by atoms with Crippen LogP contribution in [0.2, 0.25) is 0 Å². The van der Waals surface area contributed by atoms with E-state index in [0.717, 1.165) is 38.8 Å². The Kier molecular flexibility index (Phi) is 4.80. The second-order valence-electron chi connectivity index (χ2n) is 5.95. The molecule has 1 aliphatic heterocycles. The van der Waals surface area contributed by atoms with E-state index in [1.165, 1.54) is 0 Å². The lowest BCUT2D eigenvalue weighted by Gasteiger charge is -2.37. The van der Waals surface area contributed by atoms with Crippen molar-refractivity contribution in [3.63, 3.8) is 0 Å². The first-order valence-corrected chi connectivity index (χ1v) is 7.33. The Labute approximate surface area is 114 Å². The van der Waals surface area contributed by atoms with E-state index >= 15 is 0 Å². The Balaban J connectivity index is 1.65. The molecule has 0 unspecified atom stereocenters. The summed E-state index contributed by atoms with van der Waals surface area (Å²) in [4.78, 5) is 22.9. The number of rotatable bonds is 6. The smallest absolute Gasteiger partial charge is 0.311 e. The van der Waals surface area contributed by atoms with Gasteiger partial charge in [-0.25, -0.2) is 0 Å². The summed E-state index contributed by atoms with van der Waals surface area (Å²) in [6, 6.07) is 0. The second-order valence-corrected chi connectivity index (χ2v) is 5.95. The van der Waals surface area contributed by atoms with E-state index in [4.69, 9.17) is 0 Å². The predicted molar refractivity (Wildman–Crippen MR) is 71.8 cm³/mol. The molecule has 0 radical (unpaired) electrons. The lowest BCUT2D eigenvalue weighted by atomic mass is 9.69. The summed E-state index contributed by atoms with van der Waals surface area (Å²) in [5, 5.41) is 15.3. The summed E-state index contributed by atoms with van der Waals surface area (Å²) in [6.07, 6.45) is 6.08. The van der Waals surface area contributed by atoms with Gasteiger partial charge in [0, 0.05) is 13.0 Å². The number of carboxylic acids is 1. The number of hydrogen-bond acceptors (Lipinski definition) is 3. The highest BCUT2D eigenvalue weighted by Crippen LogP contribution is 2.40. The van der Waals surface area contributed by atoms with Crippen LogP contribution in [0.1, 0.15) is 44.9 Å². The van der Waals surface area contributed by atoms with E-state index in [1.54, 1.807) is 0 Å². The van der Waals surface area contributed by atoms with Crippen LogP contribution in [0.15, 0.2) is 0 Å². The number of carboxylic acid groups (broad SMARTS) is 1. The van der Waals surface area contributed by atoms with Gasteiger partial charge in [0.05, 0.1) is 5.41 Å². The zero-order valence-electron chi connectivity index (χ0n) is 11.4. The van der Waals surface area contributed by atoms with Gasteiger partial charge in [-0.05, 0) is 51.1 Å². The van der Waals surface area contributed by atoms with Crippen LogP contribution < -0.4 is 10.6 Å². The molecular formula is C14H24N2O3. The Morgan fingerprint density at radius 1 is 1.26 bits per heavy atom. The minimum Gasteiger partial charge on any atom is -0.481 e. The van der Waals surface area contributed by atoms with Crippen LogP contribution in [0.25, 0.3) is 0 Å². The van der Waals surface area contributed by atoms with Gasteiger partial charge >= 0.3 is 5.97 Å². The molecule has 1 saturated heterocycles. The fourth-order valence-corrected chi connectivity index (χ4v) is 2.93. The van der Waals surface area contributed by atoms with Crippen LogP contribution in [-0.2, 0) is 9.59 Å². The molecule has 0 bridgehead atoms. The number of amides is 1. The fraction of sp³-hybridized carbons (Fsp3) is 0.857. The lowest BCUT2D eigenvalue weighted by Crippen LogP contribution is -2.47. The van der Waals surface area contributed by atoms with E-state index in [1.807, 2.05) is 0 Å². The van der Waals surface area contributed by atoms with E-state index in [2.05, 4.69) is 10.6 Å². The monoisotopic (exact) mass is 268 g/mol. The normalized spacial score (nSPS) is 22.5. The van der Waals surface area contributed by atoms with Crippen molar-refractivity contribution in [1.29, 1.82) is 0 Å². The summed E-state index contributed by atoms with van der Waals surface area (Å²) in [5.41, 5.74) is -0.676. The zero-order chi connectivity index (χ0) is 13.7. The molecule has 1 saturated carbocycles. The third-order valence-electron chi connectivity index (χ3n) is 4.63. The Morgan fingerprint density at radius 2 is 1.95 bits per heavy atom. The molecule has 1 amide bonds. The summed E-state index contributed by atoms with van der Waals surface area (Å²) < 4.78 is 0. The first-order valence-electron chi connectivity index (χ1n) is 7.33. The Hall–Kier alpha value is -1.10. The van der Waals surface area contributed by atoms with Gasteiger partial charge in [-0.3, -0.25) is 9.59 Å². The molecule has 108 valence electrons. The van der Waals surface area contributed by atoms with E-state index in [9.17, 15) is 14.7 Å². The van der Waals surface area contributed by atoms with Crippen LogP contribution in [-0.4, -0.2) is 36.6 Å². The summed E-state index contributed by atoms with van der Waals surface area (Å²) in [6.45, 7) is 2.40. The fourth-order valence-electron chi connectivity index (χ4n) is 2.93. The minimum absolute atomic E-state index is 0.00561. The van der Waals surface area contributed by atoms with Crippen LogP contribution in [0.5, 0.6) is 0 Å². The molecule has 1 heterocycles. The molecule has 0 atom stereocenters. The molecule has 0 aromatic carbocycles. The van der Waals surface area contributed by atoms with Crippen molar-refractivity contribution in [3.8, 4) is 0 Å². The predicted octanol–water partition coefficient (Wildman–Crippen LogP) is 1.14. The Morgan fingerprint density at radius 3 is 2.47 bits per heavy atom. The molecule has 1 aliphatic carbocycles. The summed E-state index contributed by atoms with van der Waals surface area (Å²) in [5.74, 6) is -0.118. The molecule has 5 nitrogen and oxygen atoms in total. The first kappa shape index (κ1) is 14.3. The maximum Gasteiger partial charge on any atom is 0.311 e. The van der Waals surface area contributed by atoms with E-state index < -0.39 is 11.4 Å². The van der Waals surface area contributed by atoms with Crippen molar-refractivity contribution in [2.24, 2.45) is 11.3 Å². The molecule has 0 spiro atoms. The van der Waals surface area contributed by atoms with Crippen molar-refractivity contribution >= 4 is 11.9 Å². The van der Waals surface area contributed by atoms with Crippen LogP contribution in [0, 0.1) is 11.3 Å². The minimum atomic E-state index is -0.766. The summed E-state index contributed by atoms with van der Waals surface area (Å²) in [7, 11) is 0. The maximum absolute atomic E-state index is 11.8. The molecule has 0 aromatic heterocycles. The topological polar surface area (TPSA) is 78.4 Å². The SMILES string of the molecule is O=C(CCC1CCNCC1)NCC1(C(=O)O)CCC1. The number of nitrogens with one attached hydrogen (secondary N) is 2. The van der Waals surface area contributed by atoms with Crippen LogP contribution >= 0.6 is 0 Å². The maximum atomic E-state index is 11.8. The van der Waals surface area contributed by atoms with Gasteiger partial charge in [0.25, 0.3) is 0 Å². The second kappa shape index (κ2) is 6.37. The van der Waals surface area contributed by atoms with Crippen molar-refractivity contribution in [2.45, 2.75) is 44.9 Å².